The summed E-state index contributed by atoms with van der Waals surface area (Å²) in [4.78, 5) is 13.7. The number of hydrogen-bond acceptors (Lipinski definition) is 5. The molecule has 0 spiro atoms. The number of benzene rings is 1. The third-order valence-electron chi connectivity index (χ3n) is 3.27. The van der Waals surface area contributed by atoms with E-state index >= 15 is 0 Å². The van der Waals surface area contributed by atoms with E-state index in [-0.39, 0.29) is 25.6 Å². The van der Waals surface area contributed by atoms with Crippen LogP contribution < -0.4 is 0 Å². The highest BCUT2D eigenvalue weighted by Gasteiger charge is 2.29. The van der Waals surface area contributed by atoms with Crippen molar-refractivity contribution < 1.29 is 23.1 Å². The summed E-state index contributed by atoms with van der Waals surface area (Å²) in [5, 5.41) is 7.46. The molecule has 0 aliphatic carbocycles. The van der Waals surface area contributed by atoms with E-state index in [0.29, 0.717) is 6.54 Å². The Morgan fingerprint density at radius 3 is 2.50 bits per heavy atom. The SMILES string of the molecule is C[C@H](C(=O)N(C)Cc1ccccc1)S(=O)(=O)CCOCCO. The van der Waals surface area contributed by atoms with Crippen LogP contribution in [-0.4, -0.2) is 62.2 Å². The summed E-state index contributed by atoms with van der Waals surface area (Å²) in [6.45, 7) is 1.66. The maximum absolute atomic E-state index is 12.2. The predicted octanol–water partition coefficient (Wildman–Crippen LogP) is 0.457. The molecule has 1 amide bonds. The average molecular weight is 329 g/mol. The number of nitrogens with zero attached hydrogens (tertiary/aromatic N) is 1. The Balaban J connectivity index is 2.58. The van der Waals surface area contributed by atoms with Gasteiger partial charge in [0.05, 0.1) is 25.6 Å². The van der Waals surface area contributed by atoms with Crippen molar-refractivity contribution in [3.05, 3.63) is 35.9 Å². The lowest BCUT2D eigenvalue weighted by molar-refractivity contribution is -0.129. The predicted molar refractivity (Wildman–Crippen MR) is 84.1 cm³/mol. The Hall–Kier alpha value is -1.44. The lowest BCUT2D eigenvalue weighted by atomic mass is 10.2. The summed E-state index contributed by atoms with van der Waals surface area (Å²) in [5.74, 6) is -0.676. The minimum absolute atomic E-state index is 0.0249. The number of amides is 1. The molecule has 0 aromatic heterocycles. The molecule has 0 radical (unpaired) electrons. The summed E-state index contributed by atoms with van der Waals surface area (Å²) in [6.07, 6.45) is 0. The molecule has 0 fully saturated rings. The summed E-state index contributed by atoms with van der Waals surface area (Å²) in [5.41, 5.74) is 0.939. The summed E-state index contributed by atoms with van der Waals surface area (Å²) >= 11 is 0. The average Bonchev–Trinajstić information content (AvgIpc) is 2.51. The molecular weight excluding hydrogens is 306 g/mol. The van der Waals surface area contributed by atoms with Crippen LogP contribution in [0.3, 0.4) is 0 Å². The van der Waals surface area contributed by atoms with Gasteiger partial charge in [-0.25, -0.2) is 8.42 Å². The number of aliphatic hydroxyl groups excluding tert-OH is 1. The van der Waals surface area contributed by atoms with Crippen molar-refractivity contribution in [1.82, 2.24) is 4.90 Å². The minimum Gasteiger partial charge on any atom is -0.394 e. The zero-order valence-corrected chi connectivity index (χ0v) is 13.8. The summed E-state index contributed by atoms with van der Waals surface area (Å²) in [6, 6.07) is 9.38. The third-order valence-corrected chi connectivity index (χ3v) is 5.29. The van der Waals surface area contributed by atoms with Gasteiger partial charge < -0.3 is 14.7 Å². The number of hydrogen-bond donors (Lipinski definition) is 1. The minimum atomic E-state index is -3.58. The topological polar surface area (TPSA) is 83.9 Å². The summed E-state index contributed by atoms with van der Waals surface area (Å²) < 4.78 is 29.2. The maximum Gasteiger partial charge on any atom is 0.240 e. The highest BCUT2D eigenvalue weighted by molar-refractivity contribution is 7.92. The van der Waals surface area contributed by atoms with E-state index in [0.717, 1.165) is 5.56 Å². The molecule has 0 heterocycles. The molecule has 22 heavy (non-hydrogen) atoms. The van der Waals surface area contributed by atoms with Crippen molar-refractivity contribution in [3.63, 3.8) is 0 Å². The van der Waals surface area contributed by atoms with E-state index < -0.39 is 21.0 Å². The molecule has 7 heteroatoms. The van der Waals surface area contributed by atoms with Crippen molar-refractivity contribution in [2.75, 3.05) is 32.6 Å². The summed E-state index contributed by atoms with van der Waals surface area (Å²) in [7, 11) is -1.99. The lowest BCUT2D eigenvalue weighted by Gasteiger charge is -2.21. The van der Waals surface area contributed by atoms with Crippen molar-refractivity contribution >= 4 is 15.7 Å². The largest absolute Gasteiger partial charge is 0.394 e. The Kier molecular flexibility index (Phi) is 7.50. The van der Waals surface area contributed by atoms with Crippen LogP contribution in [-0.2, 0) is 25.9 Å². The number of ether oxygens (including phenoxy) is 1. The highest BCUT2D eigenvalue weighted by atomic mass is 32.2. The van der Waals surface area contributed by atoms with Crippen molar-refractivity contribution in [1.29, 1.82) is 0 Å². The normalized spacial score (nSPS) is 12.9. The Labute approximate surface area is 131 Å². The van der Waals surface area contributed by atoms with Crippen LogP contribution in [0.1, 0.15) is 12.5 Å². The van der Waals surface area contributed by atoms with Gasteiger partial charge in [0.15, 0.2) is 9.84 Å². The van der Waals surface area contributed by atoms with Crippen LogP contribution in [0.5, 0.6) is 0 Å². The van der Waals surface area contributed by atoms with Crippen LogP contribution in [0.15, 0.2) is 30.3 Å². The van der Waals surface area contributed by atoms with Gasteiger partial charge in [-0.1, -0.05) is 30.3 Å². The van der Waals surface area contributed by atoms with Gasteiger partial charge in [-0.15, -0.1) is 0 Å². The first-order valence-corrected chi connectivity index (χ1v) is 8.79. The van der Waals surface area contributed by atoms with Gasteiger partial charge in [0.2, 0.25) is 5.91 Å². The van der Waals surface area contributed by atoms with Gasteiger partial charge in [0.1, 0.15) is 5.25 Å². The van der Waals surface area contributed by atoms with Crippen molar-refractivity contribution in [2.24, 2.45) is 0 Å². The molecular formula is C15H23NO5S. The molecule has 1 N–H and O–H groups in total. The highest BCUT2D eigenvalue weighted by Crippen LogP contribution is 2.09. The Bertz CT molecular complexity index is 559. The number of rotatable bonds is 9. The van der Waals surface area contributed by atoms with Crippen LogP contribution in [0, 0.1) is 0 Å². The molecule has 1 aromatic carbocycles. The molecule has 0 saturated heterocycles. The third kappa shape index (κ3) is 5.75. The molecule has 1 aromatic rings. The second-order valence-corrected chi connectivity index (χ2v) is 7.47. The van der Waals surface area contributed by atoms with E-state index in [2.05, 4.69) is 0 Å². The molecule has 0 aliphatic rings. The monoisotopic (exact) mass is 329 g/mol. The van der Waals surface area contributed by atoms with E-state index in [4.69, 9.17) is 9.84 Å². The fourth-order valence-electron chi connectivity index (χ4n) is 1.92. The Morgan fingerprint density at radius 2 is 1.91 bits per heavy atom. The Morgan fingerprint density at radius 1 is 1.27 bits per heavy atom. The van der Waals surface area contributed by atoms with Gasteiger partial charge in [0.25, 0.3) is 0 Å². The first-order chi connectivity index (χ1) is 10.4. The van der Waals surface area contributed by atoms with E-state index in [1.807, 2.05) is 30.3 Å². The van der Waals surface area contributed by atoms with E-state index in [9.17, 15) is 13.2 Å². The number of carbonyl (C=O) groups excluding carboxylic acids is 1. The standard InChI is InChI=1S/C15H23NO5S/c1-13(22(19,20)11-10-21-9-8-17)15(18)16(2)12-14-6-4-3-5-7-14/h3-7,13,17H,8-12H2,1-2H3/t13-/m1/s1. The second-order valence-electron chi connectivity index (χ2n) is 5.03. The molecule has 1 atom stereocenters. The first-order valence-electron chi connectivity index (χ1n) is 7.07. The fraction of sp³-hybridized carbons (Fsp3) is 0.533. The van der Waals surface area contributed by atoms with Crippen molar-refractivity contribution in [2.45, 2.75) is 18.7 Å². The molecule has 6 nitrogen and oxygen atoms in total. The zero-order chi connectivity index (χ0) is 16.6. The van der Waals surface area contributed by atoms with Gasteiger partial charge in [-0.2, -0.15) is 0 Å². The van der Waals surface area contributed by atoms with Crippen LogP contribution in [0.4, 0.5) is 0 Å². The van der Waals surface area contributed by atoms with Gasteiger partial charge in [-0.3, -0.25) is 4.79 Å². The second kappa shape index (κ2) is 8.87. The number of carbonyl (C=O) groups is 1. The van der Waals surface area contributed by atoms with Crippen LogP contribution in [0.25, 0.3) is 0 Å². The van der Waals surface area contributed by atoms with Crippen LogP contribution in [0.2, 0.25) is 0 Å². The molecule has 0 bridgehead atoms. The van der Waals surface area contributed by atoms with E-state index in [1.54, 1.807) is 7.05 Å². The number of sulfone groups is 1. The smallest absolute Gasteiger partial charge is 0.240 e. The molecule has 0 aliphatic heterocycles. The molecule has 124 valence electrons. The maximum atomic E-state index is 12.2. The fourth-order valence-corrected chi connectivity index (χ4v) is 3.11. The van der Waals surface area contributed by atoms with Gasteiger partial charge >= 0.3 is 0 Å². The van der Waals surface area contributed by atoms with E-state index in [1.165, 1.54) is 11.8 Å². The lowest BCUT2D eigenvalue weighted by Crippen LogP contribution is -2.40. The molecule has 1 rings (SSSR count). The molecule has 0 unspecified atom stereocenters. The number of aliphatic hydroxyl groups is 1. The van der Waals surface area contributed by atoms with Crippen LogP contribution >= 0.6 is 0 Å². The first kappa shape index (κ1) is 18.6. The molecule has 0 saturated carbocycles. The van der Waals surface area contributed by atoms with Crippen molar-refractivity contribution in [3.8, 4) is 0 Å². The van der Waals surface area contributed by atoms with Gasteiger partial charge in [0, 0.05) is 13.6 Å². The zero-order valence-electron chi connectivity index (χ0n) is 12.9. The van der Waals surface area contributed by atoms with Gasteiger partial charge in [-0.05, 0) is 12.5 Å². The quantitative estimate of drug-likeness (QED) is 0.665.